The van der Waals surface area contributed by atoms with Crippen molar-refractivity contribution in [2.24, 2.45) is 17.8 Å². The lowest BCUT2D eigenvalue weighted by Crippen LogP contribution is -2.56. The van der Waals surface area contributed by atoms with E-state index in [0.29, 0.717) is 5.92 Å². The van der Waals surface area contributed by atoms with E-state index >= 15 is 0 Å². The van der Waals surface area contributed by atoms with Crippen LogP contribution in [0.3, 0.4) is 0 Å². The third kappa shape index (κ3) is 1.33. The smallest absolute Gasteiger partial charge is 0.343 e. The van der Waals surface area contributed by atoms with Crippen molar-refractivity contribution >= 4 is 5.97 Å². The maximum absolute atomic E-state index is 13.5. The van der Waals surface area contributed by atoms with Crippen LogP contribution in [0.2, 0.25) is 0 Å². The molecule has 3 heteroatoms. The van der Waals surface area contributed by atoms with E-state index in [4.69, 9.17) is 4.74 Å². The van der Waals surface area contributed by atoms with Crippen molar-refractivity contribution in [2.45, 2.75) is 57.2 Å². The number of hydrogen-bond donors (Lipinski definition) is 0. The number of alkyl halides is 1. The third-order valence-corrected chi connectivity index (χ3v) is 4.83. The van der Waals surface area contributed by atoms with Gasteiger partial charge in [-0.15, -0.1) is 0 Å². The molecule has 0 saturated heterocycles. The highest BCUT2D eigenvalue weighted by molar-refractivity contribution is 5.78. The number of hydrogen-bond acceptors (Lipinski definition) is 2. The number of ether oxygens (including phenoxy) is 1. The fourth-order valence-corrected chi connectivity index (χ4v) is 3.99. The molecule has 0 aliphatic heterocycles. The lowest BCUT2D eigenvalue weighted by atomic mass is 9.60. The van der Waals surface area contributed by atoms with E-state index in [1.165, 1.54) is 26.7 Å². The second kappa shape index (κ2) is 2.99. The zero-order valence-electron chi connectivity index (χ0n) is 9.96. The van der Waals surface area contributed by atoms with Gasteiger partial charge in [-0.3, -0.25) is 0 Å². The van der Waals surface area contributed by atoms with Crippen molar-refractivity contribution in [3.63, 3.8) is 0 Å². The minimum Gasteiger partial charge on any atom is -0.456 e. The molecule has 3 aliphatic rings. The minimum atomic E-state index is -1.85. The van der Waals surface area contributed by atoms with Crippen LogP contribution in [0.5, 0.6) is 0 Å². The first-order valence-corrected chi connectivity index (χ1v) is 6.33. The molecule has 0 heterocycles. The molecular weight excluding hydrogens is 207 g/mol. The highest BCUT2D eigenvalue weighted by Crippen LogP contribution is 2.64. The van der Waals surface area contributed by atoms with Crippen LogP contribution in [0, 0.1) is 17.8 Å². The van der Waals surface area contributed by atoms with Crippen molar-refractivity contribution in [3.8, 4) is 0 Å². The summed E-state index contributed by atoms with van der Waals surface area (Å²) >= 11 is 0. The van der Waals surface area contributed by atoms with Gasteiger partial charge in [0.15, 0.2) is 0 Å². The third-order valence-electron chi connectivity index (χ3n) is 4.83. The Morgan fingerprint density at radius 1 is 1.44 bits per heavy atom. The number of esters is 1. The second-order valence-electron chi connectivity index (χ2n) is 6.37. The van der Waals surface area contributed by atoms with Gasteiger partial charge in [0.05, 0.1) is 0 Å². The highest BCUT2D eigenvalue weighted by Gasteiger charge is 2.63. The van der Waals surface area contributed by atoms with Crippen LogP contribution in [0.15, 0.2) is 0 Å². The van der Waals surface area contributed by atoms with E-state index < -0.39 is 11.6 Å². The van der Waals surface area contributed by atoms with Crippen LogP contribution in [0.1, 0.15) is 46.0 Å². The molecule has 0 aromatic carbocycles. The average Bonchev–Trinajstić information content (AvgIpc) is 2.33. The largest absolute Gasteiger partial charge is 0.456 e. The van der Waals surface area contributed by atoms with Crippen molar-refractivity contribution in [3.05, 3.63) is 0 Å². The molecule has 0 spiro atoms. The fourth-order valence-electron chi connectivity index (χ4n) is 3.99. The molecule has 0 aromatic heterocycles. The highest BCUT2D eigenvalue weighted by atomic mass is 19.1. The number of carbonyl (C=O) groups is 1. The molecule has 2 bridgehead atoms. The lowest BCUT2D eigenvalue weighted by molar-refractivity contribution is -0.206. The summed E-state index contributed by atoms with van der Waals surface area (Å²) in [7, 11) is 0. The Morgan fingerprint density at radius 2 is 2.19 bits per heavy atom. The van der Waals surface area contributed by atoms with Gasteiger partial charge in [0.25, 0.3) is 0 Å². The molecule has 4 unspecified atom stereocenters. The topological polar surface area (TPSA) is 26.3 Å². The van der Waals surface area contributed by atoms with Crippen molar-refractivity contribution in [1.29, 1.82) is 0 Å². The molecular formula is C13H19FO2. The quantitative estimate of drug-likeness (QED) is 0.677. The Kier molecular flexibility index (Phi) is 1.97. The van der Waals surface area contributed by atoms with Gasteiger partial charge in [-0.1, -0.05) is 0 Å². The Bertz CT molecular complexity index is 329. The zero-order valence-corrected chi connectivity index (χ0v) is 9.96. The molecule has 3 fully saturated rings. The molecule has 3 saturated carbocycles. The van der Waals surface area contributed by atoms with Gasteiger partial charge in [-0.05, 0) is 57.8 Å². The van der Waals surface area contributed by atoms with Crippen LogP contribution in [-0.2, 0) is 9.53 Å². The number of carbonyl (C=O) groups excluding carboxylic acids is 1. The first kappa shape index (κ1) is 10.5. The maximum Gasteiger partial charge on any atom is 0.343 e. The summed E-state index contributed by atoms with van der Waals surface area (Å²) < 4.78 is 19.0. The normalized spacial score (nSPS) is 45.1. The number of halogens is 1. The minimum absolute atomic E-state index is 0.280. The van der Waals surface area contributed by atoms with E-state index in [0.717, 1.165) is 31.1 Å². The summed E-state index contributed by atoms with van der Waals surface area (Å²) in [6.45, 7) is 2.56. The Labute approximate surface area is 95.5 Å². The summed E-state index contributed by atoms with van der Waals surface area (Å²) in [5, 5.41) is 0. The first-order valence-electron chi connectivity index (χ1n) is 6.33. The van der Waals surface area contributed by atoms with Crippen LogP contribution < -0.4 is 0 Å². The van der Waals surface area contributed by atoms with E-state index in [9.17, 15) is 9.18 Å². The average molecular weight is 226 g/mol. The van der Waals surface area contributed by atoms with Gasteiger partial charge in [-0.2, -0.15) is 0 Å². The van der Waals surface area contributed by atoms with E-state index in [1.54, 1.807) is 0 Å². The van der Waals surface area contributed by atoms with Gasteiger partial charge < -0.3 is 4.74 Å². The van der Waals surface area contributed by atoms with E-state index in [1.807, 2.05) is 0 Å². The predicted molar refractivity (Wildman–Crippen MR) is 57.6 cm³/mol. The summed E-state index contributed by atoms with van der Waals surface area (Å²) in [5.74, 6) is 1.47. The van der Waals surface area contributed by atoms with Crippen molar-refractivity contribution in [2.75, 3.05) is 0 Å². The van der Waals surface area contributed by atoms with Gasteiger partial charge in [0.2, 0.25) is 5.67 Å². The summed E-state index contributed by atoms with van der Waals surface area (Å²) in [6.07, 6.45) is 5.61. The van der Waals surface area contributed by atoms with Gasteiger partial charge >= 0.3 is 5.97 Å². The Morgan fingerprint density at radius 3 is 2.88 bits per heavy atom. The van der Waals surface area contributed by atoms with Crippen LogP contribution in [0.4, 0.5) is 4.39 Å². The summed E-state index contributed by atoms with van der Waals surface area (Å²) in [5.41, 5.74) is -2.13. The molecule has 2 nitrogen and oxygen atoms in total. The summed E-state index contributed by atoms with van der Waals surface area (Å²) in [4.78, 5) is 11.6. The van der Waals surface area contributed by atoms with Crippen molar-refractivity contribution in [1.82, 2.24) is 0 Å². The zero-order chi connectivity index (χ0) is 11.6. The molecule has 4 atom stereocenters. The van der Waals surface area contributed by atoms with E-state index in [-0.39, 0.29) is 5.60 Å². The van der Waals surface area contributed by atoms with Crippen LogP contribution >= 0.6 is 0 Å². The maximum atomic E-state index is 13.5. The molecule has 3 aliphatic carbocycles. The van der Waals surface area contributed by atoms with Crippen LogP contribution in [-0.4, -0.2) is 17.2 Å². The molecule has 0 radical (unpaired) electrons. The SMILES string of the molecule is CC(C)(F)C(=O)OC12CCC3CC(C1)C2C3. The summed E-state index contributed by atoms with van der Waals surface area (Å²) in [6, 6.07) is 0. The molecule has 0 amide bonds. The Balaban J connectivity index is 1.74. The molecule has 16 heavy (non-hydrogen) atoms. The first-order chi connectivity index (χ1) is 7.41. The van der Waals surface area contributed by atoms with Crippen molar-refractivity contribution < 1.29 is 13.9 Å². The molecule has 0 N–H and O–H groups in total. The monoisotopic (exact) mass is 226 g/mol. The molecule has 90 valence electrons. The standard InChI is InChI=1S/C13H19FO2/c1-12(2,14)11(15)16-13-4-3-8-5-9(7-13)10(13)6-8/h8-10H,3-7H2,1-2H3. The number of rotatable bonds is 2. The fraction of sp³-hybridized carbons (Fsp3) is 0.923. The molecule has 0 aromatic rings. The van der Waals surface area contributed by atoms with Crippen LogP contribution in [0.25, 0.3) is 0 Å². The number of fused-ring (bicyclic) bond motifs is 1. The van der Waals surface area contributed by atoms with Gasteiger partial charge in [-0.25, -0.2) is 9.18 Å². The predicted octanol–water partition coefficient (Wildman–Crippen LogP) is 2.86. The lowest BCUT2D eigenvalue weighted by Gasteiger charge is -2.53. The Hall–Kier alpha value is -0.600. The molecule has 3 rings (SSSR count). The van der Waals surface area contributed by atoms with Gasteiger partial charge in [0.1, 0.15) is 5.60 Å². The van der Waals surface area contributed by atoms with Gasteiger partial charge in [0, 0.05) is 5.92 Å². The van der Waals surface area contributed by atoms with E-state index in [2.05, 4.69) is 0 Å². The second-order valence-corrected chi connectivity index (χ2v) is 6.37.